The van der Waals surface area contributed by atoms with Crippen molar-refractivity contribution in [3.05, 3.63) is 27.7 Å². The van der Waals surface area contributed by atoms with Gasteiger partial charge >= 0.3 is 0 Å². The Hall–Kier alpha value is -1.05. The highest BCUT2D eigenvalue weighted by Crippen LogP contribution is 2.48. The van der Waals surface area contributed by atoms with Gasteiger partial charge in [0.1, 0.15) is 5.75 Å². The smallest absolute Gasteiger partial charge is 0.127 e. The van der Waals surface area contributed by atoms with Crippen molar-refractivity contribution in [1.29, 1.82) is 5.26 Å². The van der Waals surface area contributed by atoms with Crippen LogP contribution in [0.4, 0.5) is 0 Å². The molecule has 0 aromatic heterocycles. The quantitative estimate of drug-likeness (QED) is 0.906. The van der Waals surface area contributed by atoms with Crippen molar-refractivity contribution >= 4 is 15.9 Å². The van der Waals surface area contributed by atoms with Crippen molar-refractivity contribution in [3.8, 4) is 11.8 Å². The molecule has 0 amide bonds. The Morgan fingerprint density at radius 2 is 2.26 bits per heavy atom. The van der Waals surface area contributed by atoms with E-state index in [9.17, 15) is 0 Å². The standard InChI is InChI=1S/C15H17BrN2O/c16-13-7-11-1-6-19-14(11)12(8-13)9-18-10-15(2-3-15)4-5-17/h7-8,18H,1-4,6,9-10H2. The molecule has 0 spiro atoms. The lowest BCUT2D eigenvalue weighted by molar-refractivity contribution is 0.351. The fourth-order valence-electron chi connectivity index (χ4n) is 2.70. The average molecular weight is 321 g/mol. The SMILES string of the molecule is N#CCC1(CNCc2cc(Br)cc3c2OCC3)CC1. The van der Waals surface area contributed by atoms with E-state index >= 15 is 0 Å². The lowest BCUT2D eigenvalue weighted by atomic mass is 10.0. The van der Waals surface area contributed by atoms with Gasteiger partial charge in [0.2, 0.25) is 0 Å². The van der Waals surface area contributed by atoms with Crippen molar-refractivity contribution in [1.82, 2.24) is 5.32 Å². The summed E-state index contributed by atoms with van der Waals surface area (Å²) in [4.78, 5) is 0. The number of fused-ring (bicyclic) bond motifs is 1. The number of hydrogen-bond donors (Lipinski definition) is 1. The number of nitriles is 1. The van der Waals surface area contributed by atoms with E-state index in [2.05, 4.69) is 39.4 Å². The maximum absolute atomic E-state index is 8.82. The summed E-state index contributed by atoms with van der Waals surface area (Å²) in [7, 11) is 0. The summed E-state index contributed by atoms with van der Waals surface area (Å²) in [5, 5.41) is 12.3. The maximum atomic E-state index is 8.82. The Morgan fingerprint density at radius 1 is 1.42 bits per heavy atom. The van der Waals surface area contributed by atoms with Gasteiger partial charge < -0.3 is 10.1 Å². The fourth-order valence-corrected chi connectivity index (χ4v) is 3.25. The van der Waals surface area contributed by atoms with Crippen LogP contribution in [0.25, 0.3) is 0 Å². The largest absolute Gasteiger partial charge is 0.493 e. The van der Waals surface area contributed by atoms with Gasteiger partial charge in [0.05, 0.1) is 12.7 Å². The van der Waals surface area contributed by atoms with Crippen molar-refractivity contribution in [2.45, 2.75) is 32.2 Å². The summed E-state index contributed by atoms with van der Waals surface area (Å²) < 4.78 is 6.83. The molecule has 1 fully saturated rings. The normalized spacial score (nSPS) is 18.5. The van der Waals surface area contributed by atoms with Crippen molar-refractivity contribution < 1.29 is 4.74 Å². The second-order valence-corrected chi connectivity index (χ2v) is 6.51. The van der Waals surface area contributed by atoms with E-state index in [-0.39, 0.29) is 5.41 Å². The van der Waals surface area contributed by atoms with E-state index in [0.717, 1.165) is 36.3 Å². The van der Waals surface area contributed by atoms with E-state index in [4.69, 9.17) is 10.00 Å². The lowest BCUT2D eigenvalue weighted by Crippen LogP contribution is -2.23. The van der Waals surface area contributed by atoms with Crippen LogP contribution < -0.4 is 10.1 Å². The first-order valence-corrected chi connectivity index (χ1v) is 7.54. The summed E-state index contributed by atoms with van der Waals surface area (Å²) in [5.74, 6) is 1.06. The molecule has 0 saturated heterocycles. The minimum atomic E-state index is 0.255. The minimum Gasteiger partial charge on any atom is -0.493 e. The van der Waals surface area contributed by atoms with Crippen molar-refractivity contribution in [2.24, 2.45) is 5.41 Å². The molecule has 1 aromatic carbocycles. The molecule has 2 aliphatic rings. The van der Waals surface area contributed by atoms with Gasteiger partial charge in [-0.2, -0.15) is 5.26 Å². The van der Waals surface area contributed by atoms with Gasteiger partial charge in [-0.15, -0.1) is 0 Å². The number of rotatable bonds is 5. The summed E-state index contributed by atoms with van der Waals surface area (Å²) in [6.45, 7) is 2.54. The number of ether oxygens (including phenoxy) is 1. The molecular weight excluding hydrogens is 304 g/mol. The van der Waals surface area contributed by atoms with Gasteiger partial charge in [-0.1, -0.05) is 15.9 Å². The van der Waals surface area contributed by atoms with Crippen LogP contribution in [0.2, 0.25) is 0 Å². The monoisotopic (exact) mass is 320 g/mol. The average Bonchev–Trinajstić information content (AvgIpc) is 2.97. The molecule has 1 heterocycles. The van der Waals surface area contributed by atoms with Crippen LogP contribution in [0.1, 0.15) is 30.4 Å². The first kappa shape index (κ1) is 13.0. The molecule has 19 heavy (non-hydrogen) atoms. The third-order valence-electron chi connectivity index (χ3n) is 4.05. The van der Waals surface area contributed by atoms with E-state index in [1.165, 1.54) is 24.0 Å². The minimum absolute atomic E-state index is 0.255. The molecule has 3 nitrogen and oxygen atoms in total. The Balaban J connectivity index is 1.63. The summed E-state index contributed by atoms with van der Waals surface area (Å²) in [6, 6.07) is 6.57. The first-order chi connectivity index (χ1) is 9.22. The molecule has 0 atom stereocenters. The predicted octanol–water partition coefficient (Wildman–Crippen LogP) is 3.17. The fraction of sp³-hybridized carbons (Fsp3) is 0.533. The number of hydrogen-bond acceptors (Lipinski definition) is 3. The van der Waals surface area contributed by atoms with Gasteiger partial charge in [0, 0.05) is 36.0 Å². The number of nitrogens with zero attached hydrogens (tertiary/aromatic N) is 1. The molecule has 1 aliphatic carbocycles. The van der Waals surface area contributed by atoms with Crippen molar-refractivity contribution in [2.75, 3.05) is 13.2 Å². The first-order valence-electron chi connectivity index (χ1n) is 6.74. The summed E-state index contributed by atoms with van der Waals surface area (Å²) in [5.41, 5.74) is 2.77. The van der Waals surface area contributed by atoms with Gasteiger partial charge in [0.15, 0.2) is 0 Å². The van der Waals surface area contributed by atoms with E-state index in [0.29, 0.717) is 6.42 Å². The van der Waals surface area contributed by atoms with Gasteiger partial charge in [0.25, 0.3) is 0 Å². The number of halogens is 1. The highest BCUT2D eigenvalue weighted by atomic mass is 79.9. The molecule has 0 unspecified atom stereocenters. The van der Waals surface area contributed by atoms with Gasteiger partial charge in [-0.05, 0) is 36.0 Å². The Bertz CT molecular complexity index is 532. The zero-order valence-electron chi connectivity index (χ0n) is 10.8. The second-order valence-electron chi connectivity index (χ2n) is 5.59. The topological polar surface area (TPSA) is 45.0 Å². The van der Waals surface area contributed by atoms with Crippen LogP contribution in [0, 0.1) is 16.7 Å². The molecule has 1 N–H and O–H groups in total. The molecule has 100 valence electrons. The number of nitrogens with one attached hydrogen (secondary N) is 1. The number of benzene rings is 1. The zero-order chi connectivity index (χ0) is 13.3. The molecule has 4 heteroatoms. The molecule has 0 radical (unpaired) electrons. The Morgan fingerprint density at radius 3 is 3.00 bits per heavy atom. The third-order valence-corrected chi connectivity index (χ3v) is 4.51. The van der Waals surface area contributed by atoms with Gasteiger partial charge in [-0.25, -0.2) is 0 Å². The van der Waals surface area contributed by atoms with E-state index in [1.54, 1.807) is 0 Å². The van der Waals surface area contributed by atoms with Crippen LogP contribution >= 0.6 is 15.9 Å². The van der Waals surface area contributed by atoms with Crippen LogP contribution in [0.3, 0.4) is 0 Å². The molecular formula is C15H17BrN2O. The summed E-state index contributed by atoms with van der Waals surface area (Å²) >= 11 is 3.56. The zero-order valence-corrected chi connectivity index (χ0v) is 12.4. The third kappa shape index (κ3) is 2.77. The Kier molecular flexibility index (Phi) is 3.51. The molecule has 0 bridgehead atoms. The van der Waals surface area contributed by atoms with Crippen LogP contribution in [-0.2, 0) is 13.0 Å². The highest BCUT2D eigenvalue weighted by Gasteiger charge is 2.41. The second kappa shape index (κ2) is 5.15. The lowest BCUT2D eigenvalue weighted by Gasteiger charge is -2.14. The molecule has 1 saturated carbocycles. The van der Waals surface area contributed by atoms with E-state index in [1.807, 2.05) is 0 Å². The van der Waals surface area contributed by atoms with Crippen molar-refractivity contribution in [3.63, 3.8) is 0 Å². The molecule has 1 aliphatic heterocycles. The van der Waals surface area contributed by atoms with Crippen LogP contribution in [0.15, 0.2) is 16.6 Å². The van der Waals surface area contributed by atoms with Crippen LogP contribution in [-0.4, -0.2) is 13.2 Å². The van der Waals surface area contributed by atoms with Crippen LogP contribution in [0.5, 0.6) is 5.75 Å². The van der Waals surface area contributed by atoms with E-state index < -0.39 is 0 Å². The molecule has 1 aromatic rings. The highest BCUT2D eigenvalue weighted by molar-refractivity contribution is 9.10. The maximum Gasteiger partial charge on any atom is 0.127 e. The predicted molar refractivity (Wildman–Crippen MR) is 76.9 cm³/mol. The van der Waals surface area contributed by atoms with Gasteiger partial charge in [-0.3, -0.25) is 0 Å². The Labute approximate surface area is 122 Å². The summed E-state index contributed by atoms with van der Waals surface area (Å²) in [6.07, 6.45) is 4.04. The molecule has 3 rings (SSSR count).